The third-order valence-corrected chi connectivity index (χ3v) is 4.25. The third kappa shape index (κ3) is 1.76. The molecule has 16 heavy (non-hydrogen) atoms. The number of carbonyl (C=O) groups excluding carboxylic acids is 1. The van der Waals surface area contributed by atoms with Gasteiger partial charge in [0, 0.05) is 18.8 Å². The number of carbonyl (C=O) groups is 1. The Hall–Kier alpha value is -1.22. The van der Waals surface area contributed by atoms with Gasteiger partial charge in [-0.1, -0.05) is 12.1 Å². The molecule has 0 amide bonds. The largest absolute Gasteiger partial charge is 0.299 e. The monoisotopic (exact) mass is 231 g/mol. The summed E-state index contributed by atoms with van der Waals surface area (Å²) in [6, 6.07) is 8.16. The summed E-state index contributed by atoms with van der Waals surface area (Å²) >= 11 is 1.72. The normalized spacial score (nSPS) is 20.8. The molecule has 0 N–H and O–H groups in total. The minimum atomic E-state index is 0.237. The number of nitrogens with zero attached hydrogens (tertiary/aromatic N) is 1. The van der Waals surface area contributed by atoms with Gasteiger partial charge in [0.15, 0.2) is 0 Å². The van der Waals surface area contributed by atoms with Crippen LogP contribution in [0.15, 0.2) is 24.3 Å². The molecule has 1 fully saturated rings. The molecule has 0 aliphatic heterocycles. The van der Waals surface area contributed by atoms with E-state index in [2.05, 4.69) is 11.1 Å². The van der Waals surface area contributed by atoms with E-state index in [4.69, 9.17) is 0 Å². The van der Waals surface area contributed by atoms with Gasteiger partial charge in [-0.05, 0) is 25.0 Å². The summed E-state index contributed by atoms with van der Waals surface area (Å²) in [5, 5.41) is 1.11. The SMILES string of the molecule is O=C1CCCC1Cc1nc2ccccc2s1. The Kier molecular flexibility index (Phi) is 2.48. The van der Waals surface area contributed by atoms with Crippen LogP contribution in [-0.4, -0.2) is 10.8 Å². The zero-order valence-corrected chi connectivity index (χ0v) is 9.80. The van der Waals surface area contributed by atoms with Crippen LogP contribution in [0.2, 0.25) is 0 Å². The highest BCUT2D eigenvalue weighted by molar-refractivity contribution is 7.18. The van der Waals surface area contributed by atoms with Gasteiger partial charge in [0.25, 0.3) is 0 Å². The van der Waals surface area contributed by atoms with Crippen molar-refractivity contribution in [3.05, 3.63) is 29.3 Å². The number of rotatable bonds is 2. The van der Waals surface area contributed by atoms with E-state index in [0.29, 0.717) is 5.78 Å². The second kappa shape index (κ2) is 3.98. The fourth-order valence-corrected chi connectivity index (χ4v) is 3.37. The molecule has 1 unspecified atom stereocenters. The van der Waals surface area contributed by atoms with Crippen LogP contribution in [0.5, 0.6) is 0 Å². The smallest absolute Gasteiger partial charge is 0.136 e. The van der Waals surface area contributed by atoms with Crippen molar-refractivity contribution in [3.8, 4) is 0 Å². The summed E-state index contributed by atoms with van der Waals surface area (Å²) in [6.07, 6.45) is 3.73. The number of hydrogen-bond acceptors (Lipinski definition) is 3. The van der Waals surface area contributed by atoms with Crippen molar-refractivity contribution in [2.75, 3.05) is 0 Å². The molecule has 3 rings (SSSR count). The molecule has 1 heterocycles. The van der Waals surface area contributed by atoms with E-state index in [-0.39, 0.29) is 5.92 Å². The molecule has 0 saturated heterocycles. The topological polar surface area (TPSA) is 30.0 Å². The fourth-order valence-electron chi connectivity index (χ4n) is 2.32. The minimum absolute atomic E-state index is 0.237. The standard InChI is InChI=1S/C13H13NOS/c15-11-6-3-4-9(11)8-13-14-10-5-1-2-7-12(10)16-13/h1-2,5,7,9H,3-4,6,8H2. The lowest BCUT2D eigenvalue weighted by Crippen LogP contribution is -2.09. The molecule has 3 heteroatoms. The first-order valence-electron chi connectivity index (χ1n) is 5.70. The summed E-state index contributed by atoms with van der Waals surface area (Å²) in [5.74, 6) is 0.666. The second-order valence-corrected chi connectivity index (χ2v) is 5.45. The lowest BCUT2D eigenvalue weighted by atomic mass is 10.0. The number of hydrogen-bond donors (Lipinski definition) is 0. The maximum absolute atomic E-state index is 11.6. The lowest BCUT2D eigenvalue weighted by molar-refractivity contribution is -0.120. The Morgan fingerprint density at radius 2 is 2.25 bits per heavy atom. The maximum atomic E-state index is 11.6. The van der Waals surface area contributed by atoms with E-state index in [1.807, 2.05) is 18.2 Å². The molecule has 1 saturated carbocycles. The van der Waals surface area contributed by atoms with E-state index >= 15 is 0 Å². The highest BCUT2D eigenvalue weighted by atomic mass is 32.1. The van der Waals surface area contributed by atoms with Crippen molar-refractivity contribution in [1.29, 1.82) is 0 Å². The van der Waals surface area contributed by atoms with Crippen molar-refractivity contribution < 1.29 is 4.79 Å². The van der Waals surface area contributed by atoms with Crippen LogP contribution in [0.25, 0.3) is 10.2 Å². The molecular formula is C13H13NOS. The van der Waals surface area contributed by atoms with Crippen LogP contribution in [0.1, 0.15) is 24.3 Å². The summed E-state index contributed by atoms with van der Waals surface area (Å²) in [4.78, 5) is 16.1. The van der Waals surface area contributed by atoms with E-state index in [1.165, 1.54) is 4.70 Å². The van der Waals surface area contributed by atoms with Gasteiger partial charge in [-0.3, -0.25) is 4.79 Å². The molecule has 2 aromatic rings. The van der Waals surface area contributed by atoms with Crippen molar-refractivity contribution >= 4 is 27.3 Å². The number of para-hydroxylation sites is 1. The van der Waals surface area contributed by atoms with Crippen LogP contribution in [0, 0.1) is 5.92 Å². The Morgan fingerprint density at radius 1 is 1.38 bits per heavy atom. The van der Waals surface area contributed by atoms with E-state index in [1.54, 1.807) is 11.3 Å². The molecule has 1 aromatic heterocycles. The van der Waals surface area contributed by atoms with E-state index < -0.39 is 0 Å². The van der Waals surface area contributed by atoms with Gasteiger partial charge in [0.2, 0.25) is 0 Å². The summed E-state index contributed by atoms with van der Waals surface area (Å²) in [7, 11) is 0. The number of Topliss-reactive ketones (excluding diaryl/α,β-unsaturated/α-hetero) is 1. The zero-order chi connectivity index (χ0) is 11.0. The summed E-state index contributed by atoms with van der Waals surface area (Å²) in [6.45, 7) is 0. The van der Waals surface area contributed by atoms with Crippen molar-refractivity contribution in [2.45, 2.75) is 25.7 Å². The molecule has 2 nitrogen and oxygen atoms in total. The fraction of sp³-hybridized carbons (Fsp3) is 0.385. The average molecular weight is 231 g/mol. The minimum Gasteiger partial charge on any atom is -0.299 e. The Morgan fingerprint density at radius 3 is 3.00 bits per heavy atom. The van der Waals surface area contributed by atoms with Crippen LogP contribution in [-0.2, 0) is 11.2 Å². The zero-order valence-electron chi connectivity index (χ0n) is 8.98. The van der Waals surface area contributed by atoms with Gasteiger partial charge in [0.1, 0.15) is 5.78 Å². The highest BCUT2D eigenvalue weighted by Crippen LogP contribution is 2.29. The molecule has 1 aliphatic rings. The van der Waals surface area contributed by atoms with Gasteiger partial charge in [-0.15, -0.1) is 11.3 Å². The number of benzene rings is 1. The molecule has 1 aromatic carbocycles. The predicted octanol–water partition coefficient (Wildman–Crippen LogP) is 3.21. The van der Waals surface area contributed by atoms with Crippen molar-refractivity contribution in [2.24, 2.45) is 5.92 Å². The number of ketones is 1. The van der Waals surface area contributed by atoms with Gasteiger partial charge in [-0.25, -0.2) is 4.98 Å². The second-order valence-electron chi connectivity index (χ2n) is 4.33. The predicted molar refractivity (Wildman–Crippen MR) is 65.7 cm³/mol. The van der Waals surface area contributed by atoms with Crippen molar-refractivity contribution in [1.82, 2.24) is 4.98 Å². The summed E-state index contributed by atoms with van der Waals surface area (Å²) in [5.41, 5.74) is 1.06. The highest BCUT2D eigenvalue weighted by Gasteiger charge is 2.25. The molecule has 0 bridgehead atoms. The molecule has 1 aliphatic carbocycles. The van der Waals surface area contributed by atoms with Crippen LogP contribution in [0.4, 0.5) is 0 Å². The molecule has 1 atom stereocenters. The number of thiazole rings is 1. The van der Waals surface area contributed by atoms with E-state index in [9.17, 15) is 4.79 Å². The first-order valence-corrected chi connectivity index (χ1v) is 6.52. The van der Waals surface area contributed by atoms with Crippen LogP contribution < -0.4 is 0 Å². The number of fused-ring (bicyclic) bond motifs is 1. The Labute approximate surface area is 98.3 Å². The van der Waals surface area contributed by atoms with Crippen LogP contribution in [0.3, 0.4) is 0 Å². The van der Waals surface area contributed by atoms with Gasteiger partial charge in [0.05, 0.1) is 15.2 Å². The maximum Gasteiger partial charge on any atom is 0.136 e. The van der Waals surface area contributed by atoms with Crippen molar-refractivity contribution in [3.63, 3.8) is 0 Å². The molecule has 82 valence electrons. The van der Waals surface area contributed by atoms with E-state index in [0.717, 1.165) is 36.2 Å². The molecule has 0 spiro atoms. The first kappa shape index (κ1) is 9.97. The van der Waals surface area contributed by atoms with Gasteiger partial charge in [-0.2, -0.15) is 0 Å². The van der Waals surface area contributed by atoms with Gasteiger partial charge < -0.3 is 0 Å². The quantitative estimate of drug-likeness (QED) is 0.794. The first-order chi connectivity index (χ1) is 7.83. The Bertz CT molecular complexity index is 498. The third-order valence-electron chi connectivity index (χ3n) is 3.19. The Balaban J connectivity index is 1.86. The summed E-state index contributed by atoms with van der Waals surface area (Å²) < 4.78 is 1.22. The van der Waals surface area contributed by atoms with Gasteiger partial charge >= 0.3 is 0 Å². The molecule has 0 radical (unpaired) electrons. The number of aromatic nitrogens is 1. The molecular weight excluding hydrogens is 218 g/mol. The average Bonchev–Trinajstić information content (AvgIpc) is 2.85. The lowest BCUT2D eigenvalue weighted by Gasteiger charge is -2.03. The van der Waals surface area contributed by atoms with Crippen LogP contribution >= 0.6 is 11.3 Å².